The van der Waals surface area contributed by atoms with E-state index in [0.717, 1.165) is 35.0 Å². The lowest BCUT2D eigenvalue weighted by Gasteiger charge is -2.72. The van der Waals surface area contributed by atoms with Gasteiger partial charge in [-0.3, -0.25) is 0 Å². The molecule has 0 saturated heterocycles. The number of carbonyl (C=O) groups is 2. The fraction of sp³-hybridized carbons (Fsp3) is 0.755. The number of rotatable bonds is 5. The van der Waals surface area contributed by atoms with Crippen LogP contribution in [-0.4, -0.2) is 79.9 Å². The maximum atomic E-state index is 14.1. The molecule has 1 heterocycles. The van der Waals surface area contributed by atoms with E-state index in [1.165, 1.54) is 25.7 Å². The SMILES string of the molecule is CNC1Cc2c(cccc2CO)C#CCCC23CCC4C(O)(CC5CC(C(C)C6CCCC6)CCC6C(O)CCC4(C=O)C56O)C2(O)CC2CC1C1OC(=O)C=C1C23. The zero-order valence-corrected chi connectivity index (χ0v) is 34.5. The Hall–Kier alpha value is -2.58. The van der Waals surface area contributed by atoms with Crippen molar-refractivity contribution in [1.82, 2.24) is 5.32 Å². The molecule has 9 nitrogen and oxygen atoms in total. The molecule has 4 bridgehead atoms. The van der Waals surface area contributed by atoms with Gasteiger partial charge in [0.15, 0.2) is 0 Å². The van der Waals surface area contributed by atoms with Gasteiger partial charge in [0, 0.05) is 47.3 Å². The molecule has 6 N–H and O–H groups in total. The highest BCUT2D eigenvalue weighted by Crippen LogP contribution is 2.77. The number of ether oxygens (including phenoxy) is 1. The molecule has 314 valence electrons. The Morgan fingerprint density at radius 1 is 1.00 bits per heavy atom. The first-order chi connectivity index (χ1) is 27.9. The number of aliphatic hydroxyl groups is 5. The van der Waals surface area contributed by atoms with Crippen LogP contribution in [0.15, 0.2) is 29.8 Å². The molecule has 0 radical (unpaired) electrons. The number of carbonyl (C=O) groups excluding carboxylic acids is 2. The average molecular weight is 796 g/mol. The molecule has 16 unspecified atom stereocenters. The highest BCUT2D eigenvalue weighted by Gasteiger charge is 2.82. The third kappa shape index (κ3) is 5.11. The molecule has 9 heteroatoms. The number of benzene rings is 1. The molecular formula is C49H65NO8. The second-order valence-corrected chi connectivity index (χ2v) is 21.0. The summed E-state index contributed by atoms with van der Waals surface area (Å²) in [6, 6.07) is 5.76. The normalized spacial score (nSPS) is 48.5. The zero-order valence-electron chi connectivity index (χ0n) is 34.5. The number of fused-ring (bicyclic) bond motifs is 6. The predicted molar refractivity (Wildman–Crippen MR) is 216 cm³/mol. The minimum absolute atomic E-state index is 0.0647. The molecule has 9 aliphatic carbocycles. The van der Waals surface area contributed by atoms with Gasteiger partial charge in [-0.15, -0.1) is 0 Å². The van der Waals surface area contributed by atoms with Gasteiger partial charge >= 0.3 is 5.97 Å². The van der Waals surface area contributed by atoms with Crippen molar-refractivity contribution in [1.29, 1.82) is 0 Å². The number of nitrogens with one attached hydrogen (secondary N) is 1. The van der Waals surface area contributed by atoms with Crippen LogP contribution < -0.4 is 5.32 Å². The van der Waals surface area contributed by atoms with E-state index in [-0.39, 0.29) is 55.1 Å². The topological polar surface area (TPSA) is 157 Å². The van der Waals surface area contributed by atoms with Gasteiger partial charge in [0.05, 0.1) is 29.3 Å². The molecule has 0 amide bonds. The van der Waals surface area contributed by atoms with E-state index in [1.807, 2.05) is 25.2 Å². The Kier molecular flexibility index (Phi) is 9.53. The van der Waals surface area contributed by atoms with Crippen molar-refractivity contribution < 1.29 is 39.9 Å². The largest absolute Gasteiger partial charge is 0.454 e. The molecule has 1 aromatic carbocycles. The van der Waals surface area contributed by atoms with E-state index in [2.05, 4.69) is 24.1 Å². The molecule has 0 aromatic heterocycles. The van der Waals surface area contributed by atoms with Gasteiger partial charge in [0.1, 0.15) is 18.0 Å². The summed E-state index contributed by atoms with van der Waals surface area (Å²) in [5.41, 5.74) is -3.35. The lowest BCUT2D eigenvalue weighted by molar-refractivity contribution is -0.343. The van der Waals surface area contributed by atoms with E-state index >= 15 is 0 Å². The van der Waals surface area contributed by atoms with Crippen molar-refractivity contribution in [2.24, 2.45) is 64.1 Å². The third-order valence-corrected chi connectivity index (χ3v) is 19.4. The fourth-order valence-corrected chi connectivity index (χ4v) is 17.0. The van der Waals surface area contributed by atoms with E-state index in [1.54, 1.807) is 6.08 Å². The Morgan fingerprint density at radius 2 is 1.81 bits per heavy atom. The first-order valence-corrected chi connectivity index (χ1v) is 23.0. The minimum atomic E-state index is -1.69. The van der Waals surface area contributed by atoms with Crippen LogP contribution in [0.2, 0.25) is 0 Å². The number of aliphatic hydroxyl groups excluding tert-OH is 2. The van der Waals surface area contributed by atoms with Gasteiger partial charge in [0.25, 0.3) is 0 Å². The maximum Gasteiger partial charge on any atom is 0.331 e. The summed E-state index contributed by atoms with van der Waals surface area (Å²) in [6.07, 6.45) is 13.0. The van der Waals surface area contributed by atoms with Crippen LogP contribution in [0.4, 0.5) is 0 Å². The summed E-state index contributed by atoms with van der Waals surface area (Å²) in [5, 5.41) is 67.3. The predicted octanol–water partition coefficient (Wildman–Crippen LogP) is 5.15. The Balaban J connectivity index is 1.12. The molecule has 7 saturated carbocycles. The standard InChI is InChI=1S/C49H65NO8/c1-28(29-8-3-4-9-29)31-13-14-38-40(53)15-18-46(27-52)41-16-19-45-17-6-5-10-30-11-7-12-32(26-51)35(30)22-39(50-2)36-21-33(43(45)37-23-42(54)58-44(36)37)24-48(45,56)47(41,55)25-34(20-31)49(38,46)57/h7,11-12,23,27-29,31,33-34,36,38-41,43-44,50-51,53,55-57H,3-4,6,8-9,13-22,24-26H2,1-2H3. The van der Waals surface area contributed by atoms with Crippen LogP contribution in [0.25, 0.3) is 0 Å². The van der Waals surface area contributed by atoms with Gasteiger partial charge in [0.2, 0.25) is 0 Å². The van der Waals surface area contributed by atoms with Crippen molar-refractivity contribution in [2.45, 2.75) is 158 Å². The summed E-state index contributed by atoms with van der Waals surface area (Å²) in [4.78, 5) is 27.5. The number of hydrogen-bond acceptors (Lipinski definition) is 9. The molecule has 1 aliphatic heterocycles. The van der Waals surface area contributed by atoms with Crippen molar-refractivity contribution in [3.05, 3.63) is 46.5 Å². The van der Waals surface area contributed by atoms with E-state index in [0.29, 0.717) is 76.0 Å². The molecule has 7 fully saturated rings. The highest BCUT2D eigenvalue weighted by atomic mass is 16.5. The number of hydrogen-bond donors (Lipinski definition) is 6. The second kappa shape index (κ2) is 14.0. The summed E-state index contributed by atoms with van der Waals surface area (Å²) < 4.78 is 6.25. The zero-order chi connectivity index (χ0) is 40.4. The minimum Gasteiger partial charge on any atom is -0.454 e. The second-order valence-electron chi connectivity index (χ2n) is 21.0. The smallest absolute Gasteiger partial charge is 0.331 e. The Labute approximate surface area is 343 Å². The highest BCUT2D eigenvalue weighted by molar-refractivity contribution is 5.86. The summed E-state index contributed by atoms with van der Waals surface area (Å²) >= 11 is 0. The first-order valence-electron chi connectivity index (χ1n) is 23.0. The number of esters is 1. The number of likely N-dealkylation sites (N-methyl/N-ethyl adjacent to an activating group) is 1. The van der Waals surface area contributed by atoms with Crippen LogP contribution >= 0.6 is 0 Å². The van der Waals surface area contributed by atoms with Crippen molar-refractivity contribution in [3.8, 4) is 11.8 Å². The fourth-order valence-electron chi connectivity index (χ4n) is 17.0. The molecule has 58 heavy (non-hydrogen) atoms. The van der Waals surface area contributed by atoms with Crippen molar-refractivity contribution in [2.75, 3.05) is 7.05 Å². The molecule has 1 spiro atoms. The van der Waals surface area contributed by atoms with Gasteiger partial charge in [-0.05, 0) is 142 Å². The van der Waals surface area contributed by atoms with Crippen LogP contribution in [0.5, 0.6) is 0 Å². The van der Waals surface area contributed by atoms with E-state index in [4.69, 9.17) is 4.74 Å². The van der Waals surface area contributed by atoms with E-state index < -0.39 is 57.6 Å². The summed E-state index contributed by atoms with van der Waals surface area (Å²) in [5.74, 6) is 5.89. The summed E-state index contributed by atoms with van der Waals surface area (Å²) in [6.45, 7) is 2.27. The Morgan fingerprint density at radius 3 is 2.57 bits per heavy atom. The van der Waals surface area contributed by atoms with Gasteiger partial charge in [-0.1, -0.05) is 56.6 Å². The van der Waals surface area contributed by atoms with Gasteiger partial charge in [-0.25, -0.2) is 4.79 Å². The maximum absolute atomic E-state index is 14.1. The lowest BCUT2D eigenvalue weighted by Crippen LogP contribution is -2.80. The third-order valence-electron chi connectivity index (χ3n) is 19.4. The molecule has 10 aliphatic rings. The molecule has 16 atom stereocenters. The first kappa shape index (κ1) is 39.5. The lowest BCUT2D eigenvalue weighted by atomic mass is 9.36. The van der Waals surface area contributed by atoms with Crippen LogP contribution in [0.1, 0.15) is 126 Å². The van der Waals surface area contributed by atoms with Crippen LogP contribution in [0.3, 0.4) is 0 Å². The van der Waals surface area contributed by atoms with Crippen LogP contribution in [0, 0.1) is 75.9 Å². The van der Waals surface area contributed by atoms with Crippen molar-refractivity contribution in [3.63, 3.8) is 0 Å². The quantitative estimate of drug-likeness (QED) is 0.135. The summed E-state index contributed by atoms with van der Waals surface area (Å²) in [7, 11) is 1.93. The van der Waals surface area contributed by atoms with E-state index in [9.17, 15) is 35.1 Å². The van der Waals surface area contributed by atoms with Crippen LogP contribution in [-0.2, 0) is 27.4 Å². The number of aldehydes is 1. The van der Waals surface area contributed by atoms with Gasteiger partial charge < -0.3 is 40.4 Å². The van der Waals surface area contributed by atoms with Crippen molar-refractivity contribution >= 4 is 12.3 Å². The van der Waals surface area contributed by atoms with Gasteiger partial charge in [-0.2, -0.15) is 0 Å². The monoisotopic (exact) mass is 795 g/mol. The average Bonchev–Trinajstić information content (AvgIpc) is 3.92. The molecular weight excluding hydrogens is 731 g/mol. The Bertz CT molecular complexity index is 1930. The molecule has 11 rings (SSSR count). The molecule has 1 aromatic rings.